The minimum atomic E-state index is -0.858. The molecule has 0 aliphatic rings. The van der Waals surface area contributed by atoms with E-state index < -0.39 is 23.7 Å². The third-order valence-electron chi connectivity index (χ3n) is 4.23. The number of rotatable bonds is 7. The van der Waals surface area contributed by atoms with E-state index in [0.717, 1.165) is 5.56 Å². The standard InChI is InChI=1S/C18H24N4O4/c1-9(2)15(16(24)14-10(3)17(25)22-18(14)26)21-13(23)7-12(19)11-5-4-6-20-8-11/h4-6,8-9,12,15,22,25-26H,7,19H2,1-3H3,(H,21,23)/t12?,15-/m0/s1. The fourth-order valence-corrected chi connectivity index (χ4v) is 2.70. The molecule has 6 N–H and O–H groups in total. The fourth-order valence-electron chi connectivity index (χ4n) is 2.70. The molecule has 0 radical (unpaired) electrons. The van der Waals surface area contributed by atoms with E-state index in [4.69, 9.17) is 5.73 Å². The number of amides is 1. The molecule has 0 bridgehead atoms. The maximum absolute atomic E-state index is 12.8. The molecular formula is C18H24N4O4. The molecule has 0 saturated carbocycles. The first kappa shape index (κ1) is 19.5. The summed E-state index contributed by atoms with van der Waals surface area (Å²) in [6.45, 7) is 5.07. The largest absolute Gasteiger partial charge is 0.494 e. The van der Waals surface area contributed by atoms with Gasteiger partial charge in [0.1, 0.15) is 0 Å². The van der Waals surface area contributed by atoms with E-state index in [9.17, 15) is 19.8 Å². The Morgan fingerprint density at radius 2 is 2.00 bits per heavy atom. The maximum atomic E-state index is 12.8. The van der Waals surface area contributed by atoms with Gasteiger partial charge in [-0.1, -0.05) is 19.9 Å². The van der Waals surface area contributed by atoms with Gasteiger partial charge in [-0.3, -0.25) is 19.6 Å². The van der Waals surface area contributed by atoms with Crippen LogP contribution in [0.1, 0.15) is 47.8 Å². The summed E-state index contributed by atoms with van der Waals surface area (Å²) in [5.74, 6) is -1.78. The first-order valence-corrected chi connectivity index (χ1v) is 8.32. The lowest BCUT2D eigenvalue weighted by atomic mass is 9.93. The number of H-pyrrole nitrogens is 1. The van der Waals surface area contributed by atoms with Crippen molar-refractivity contribution in [3.63, 3.8) is 0 Å². The number of ketones is 1. The smallest absolute Gasteiger partial charge is 0.222 e. The molecule has 0 spiro atoms. The average molecular weight is 360 g/mol. The van der Waals surface area contributed by atoms with Crippen LogP contribution >= 0.6 is 0 Å². The number of nitrogens with one attached hydrogen (secondary N) is 2. The number of hydrogen-bond acceptors (Lipinski definition) is 6. The molecule has 2 atom stereocenters. The van der Waals surface area contributed by atoms with Crippen LogP contribution in [0.3, 0.4) is 0 Å². The molecule has 0 aliphatic heterocycles. The molecule has 0 aliphatic carbocycles. The molecule has 26 heavy (non-hydrogen) atoms. The molecule has 1 unspecified atom stereocenters. The van der Waals surface area contributed by atoms with E-state index in [0.29, 0.717) is 0 Å². The number of pyridine rings is 1. The molecule has 8 nitrogen and oxygen atoms in total. The van der Waals surface area contributed by atoms with Crippen molar-refractivity contribution in [2.24, 2.45) is 11.7 Å². The Labute approximate surface area is 151 Å². The lowest BCUT2D eigenvalue weighted by Crippen LogP contribution is -2.45. The number of Topliss-reactive ketones (excluding diaryl/α,β-unsaturated/α-hetero) is 1. The van der Waals surface area contributed by atoms with Crippen LogP contribution in [0.4, 0.5) is 0 Å². The van der Waals surface area contributed by atoms with Gasteiger partial charge in [0.15, 0.2) is 11.7 Å². The second-order valence-electron chi connectivity index (χ2n) is 6.57. The Morgan fingerprint density at radius 1 is 1.31 bits per heavy atom. The van der Waals surface area contributed by atoms with Gasteiger partial charge < -0.3 is 21.3 Å². The normalized spacial score (nSPS) is 13.4. The van der Waals surface area contributed by atoms with Crippen molar-refractivity contribution >= 4 is 11.7 Å². The number of hydrogen-bond donors (Lipinski definition) is 5. The Morgan fingerprint density at radius 3 is 2.50 bits per heavy atom. The van der Waals surface area contributed by atoms with Crippen LogP contribution in [-0.2, 0) is 4.79 Å². The zero-order valence-corrected chi connectivity index (χ0v) is 15.0. The predicted molar refractivity (Wildman–Crippen MR) is 95.7 cm³/mol. The Kier molecular flexibility index (Phi) is 5.99. The molecule has 8 heteroatoms. The average Bonchev–Trinajstić information content (AvgIpc) is 2.85. The zero-order chi connectivity index (χ0) is 19.4. The van der Waals surface area contributed by atoms with Crippen LogP contribution in [0.15, 0.2) is 24.5 Å². The molecule has 2 rings (SSSR count). The topological polar surface area (TPSA) is 141 Å². The quantitative estimate of drug-likeness (QED) is 0.474. The van der Waals surface area contributed by atoms with Crippen LogP contribution in [0.25, 0.3) is 0 Å². The molecule has 0 aromatic carbocycles. The summed E-state index contributed by atoms with van der Waals surface area (Å²) in [4.78, 5) is 31.4. The van der Waals surface area contributed by atoms with E-state index in [1.165, 1.54) is 6.92 Å². The molecule has 140 valence electrons. The highest BCUT2D eigenvalue weighted by molar-refractivity contribution is 6.05. The van der Waals surface area contributed by atoms with Gasteiger partial charge >= 0.3 is 0 Å². The summed E-state index contributed by atoms with van der Waals surface area (Å²) in [6.07, 6.45) is 3.20. The van der Waals surface area contributed by atoms with Crippen LogP contribution < -0.4 is 11.1 Å². The molecule has 1 amide bonds. The minimum Gasteiger partial charge on any atom is -0.494 e. The van der Waals surface area contributed by atoms with Crippen LogP contribution in [0, 0.1) is 12.8 Å². The summed E-state index contributed by atoms with van der Waals surface area (Å²) in [6, 6.07) is 2.11. The maximum Gasteiger partial charge on any atom is 0.222 e. The highest BCUT2D eigenvalue weighted by Crippen LogP contribution is 2.30. The summed E-state index contributed by atoms with van der Waals surface area (Å²) in [7, 11) is 0. The second-order valence-corrected chi connectivity index (χ2v) is 6.57. The van der Waals surface area contributed by atoms with Crippen molar-refractivity contribution in [2.45, 2.75) is 39.3 Å². The molecule has 0 saturated heterocycles. The number of carbonyl (C=O) groups excluding carboxylic acids is 2. The van der Waals surface area contributed by atoms with Gasteiger partial charge in [-0.25, -0.2) is 0 Å². The van der Waals surface area contributed by atoms with E-state index in [-0.39, 0.29) is 35.3 Å². The third-order valence-corrected chi connectivity index (χ3v) is 4.23. The molecule has 2 heterocycles. The van der Waals surface area contributed by atoms with Crippen LogP contribution in [-0.4, -0.2) is 37.9 Å². The lowest BCUT2D eigenvalue weighted by Gasteiger charge is -2.22. The second kappa shape index (κ2) is 8.01. The number of aromatic hydroxyl groups is 2. The highest BCUT2D eigenvalue weighted by Gasteiger charge is 2.31. The van der Waals surface area contributed by atoms with E-state index in [2.05, 4.69) is 15.3 Å². The summed E-state index contributed by atoms with van der Waals surface area (Å²) in [5, 5.41) is 22.2. The number of aromatic nitrogens is 2. The Balaban J connectivity index is 2.12. The van der Waals surface area contributed by atoms with Crippen molar-refractivity contribution in [3.05, 3.63) is 41.2 Å². The first-order valence-electron chi connectivity index (χ1n) is 8.32. The van der Waals surface area contributed by atoms with Gasteiger partial charge in [-0.2, -0.15) is 0 Å². The van der Waals surface area contributed by atoms with Crippen molar-refractivity contribution in [2.75, 3.05) is 0 Å². The van der Waals surface area contributed by atoms with Crippen molar-refractivity contribution in [1.29, 1.82) is 0 Å². The molecule has 2 aromatic rings. The number of nitrogens with two attached hydrogens (primary N) is 1. The van der Waals surface area contributed by atoms with E-state index >= 15 is 0 Å². The van der Waals surface area contributed by atoms with Gasteiger partial charge in [0.05, 0.1) is 11.6 Å². The fraction of sp³-hybridized carbons (Fsp3) is 0.389. The van der Waals surface area contributed by atoms with Crippen molar-refractivity contribution in [1.82, 2.24) is 15.3 Å². The lowest BCUT2D eigenvalue weighted by molar-refractivity contribution is -0.122. The van der Waals surface area contributed by atoms with Gasteiger partial charge in [0.25, 0.3) is 0 Å². The van der Waals surface area contributed by atoms with E-state index in [1.807, 2.05) is 0 Å². The van der Waals surface area contributed by atoms with Crippen LogP contribution in [0.2, 0.25) is 0 Å². The van der Waals surface area contributed by atoms with Crippen molar-refractivity contribution < 1.29 is 19.8 Å². The predicted octanol–water partition coefficient (Wildman–Crippen LogP) is 1.54. The third kappa shape index (κ3) is 4.20. The number of carbonyl (C=O) groups is 2. The first-order chi connectivity index (χ1) is 12.2. The highest BCUT2D eigenvalue weighted by atomic mass is 16.3. The molecule has 0 fully saturated rings. The summed E-state index contributed by atoms with van der Waals surface area (Å²) >= 11 is 0. The minimum absolute atomic E-state index is 0.00839. The Bertz CT molecular complexity index is 786. The van der Waals surface area contributed by atoms with Gasteiger partial charge in [-0.05, 0) is 24.5 Å². The van der Waals surface area contributed by atoms with Gasteiger partial charge in [-0.15, -0.1) is 0 Å². The van der Waals surface area contributed by atoms with Gasteiger partial charge in [0, 0.05) is 30.4 Å². The van der Waals surface area contributed by atoms with Crippen molar-refractivity contribution in [3.8, 4) is 11.8 Å². The Hall–Kier alpha value is -2.87. The van der Waals surface area contributed by atoms with E-state index in [1.54, 1.807) is 38.4 Å². The summed E-state index contributed by atoms with van der Waals surface area (Å²) < 4.78 is 0. The van der Waals surface area contributed by atoms with Gasteiger partial charge in [0.2, 0.25) is 11.8 Å². The summed E-state index contributed by atoms with van der Waals surface area (Å²) in [5.41, 5.74) is 6.95. The number of aromatic amines is 1. The SMILES string of the molecule is Cc1c(O)[nH]c(O)c1C(=O)[C@@H](NC(=O)CC(N)c1cccnc1)C(C)C. The monoisotopic (exact) mass is 360 g/mol. The van der Waals surface area contributed by atoms with Crippen LogP contribution in [0.5, 0.6) is 11.8 Å². The zero-order valence-electron chi connectivity index (χ0n) is 15.0. The number of nitrogens with zero attached hydrogens (tertiary/aromatic N) is 1. The molecule has 2 aromatic heterocycles. The molecular weight excluding hydrogens is 336 g/mol.